The van der Waals surface area contributed by atoms with E-state index < -0.39 is 6.03 Å². The van der Waals surface area contributed by atoms with E-state index in [1.807, 2.05) is 6.07 Å². The number of rotatable bonds is 2. The van der Waals surface area contributed by atoms with E-state index in [4.69, 9.17) is 21.6 Å². The molecule has 4 rings (SSSR count). The summed E-state index contributed by atoms with van der Waals surface area (Å²) in [6.45, 7) is 0.408. The average Bonchev–Trinajstić information content (AvgIpc) is 3.31. The van der Waals surface area contributed by atoms with Gasteiger partial charge in [-0.3, -0.25) is 5.32 Å². The Morgan fingerprint density at radius 3 is 2.96 bits per heavy atom. The van der Waals surface area contributed by atoms with Crippen LogP contribution < -0.4 is 15.4 Å². The van der Waals surface area contributed by atoms with Gasteiger partial charge in [0.1, 0.15) is 28.6 Å². The maximum absolute atomic E-state index is 14.2. The largest absolute Gasteiger partial charge is 0.492 e. The second-order valence-corrected chi connectivity index (χ2v) is 7.26. The predicted octanol–water partition coefficient (Wildman–Crippen LogP) is 3.80. The Hall–Kier alpha value is -2.37. The molecular formula is C17H11BrClFN4O2. The van der Waals surface area contributed by atoms with Gasteiger partial charge in [-0.05, 0) is 40.2 Å². The minimum Gasteiger partial charge on any atom is -0.492 e. The maximum atomic E-state index is 14.2. The molecule has 3 atom stereocenters. The molecule has 1 aromatic heterocycles. The zero-order chi connectivity index (χ0) is 18.4. The number of carbonyl (C=O) groups is 1. The van der Waals surface area contributed by atoms with Gasteiger partial charge in [-0.1, -0.05) is 11.6 Å². The van der Waals surface area contributed by atoms with Gasteiger partial charge >= 0.3 is 6.03 Å². The summed E-state index contributed by atoms with van der Waals surface area (Å²) in [6, 6.07) is 7.13. The summed E-state index contributed by atoms with van der Waals surface area (Å²) in [6.07, 6.45) is 0. The van der Waals surface area contributed by atoms with Gasteiger partial charge in [0.2, 0.25) is 0 Å². The molecule has 9 heteroatoms. The average molecular weight is 438 g/mol. The van der Waals surface area contributed by atoms with Crippen molar-refractivity contribution in [2.24, 2.45) is 5.92 Å². The van der Waals surface area contributed by atoms with Crippen LogP contribution in [-0.2, 0) is 0 Å². The summed E-state index contributed by atoms with van der Waals surface area (Å²) in [4.78, 5) is 16.2. The van der Waals surface area contributed by atoms with Crippen LogP contribution in [0.2, 0.25) is 5.15 Å². The van der Waals surface area contributed by atoms with Gasteiger partial charge in [0.05, 0.1) is 16.6 Å². The van der Waals surface area contributed by atoms with E-state index in [-0.39, 0.29) is 40.2 Å². The van der Waals surface area contributed by atoms with E-state index in [1.54, 1.807) is 6.07 Å². The molecule has 2 heterocycles. The molecule has 0 bridgehead atoms. The number of benzene rings is 1. The number of ether oxygens (including phenoxy) is 1. The van der Waals surface area contributed by atoms with Crippen LogP contribution >= 0.6 is 27.5 Å². The second-order valence-electron chi connectivity index (χ2n) is 6.04. The Balaban J connectivity index is 1.46. The van der Waals surface area contributed by atoms with Crippen LogP contribution in [0.1, 0.15) is 17.0 Å². The molecule has 6 nitrogen and oxygen atoms in total. The highest BCUT2D eigenvalue weighted by Gasteiger charge is 2.57. The van der Waals surface area contributed by atoms with Gasteiger partial charge in [-0.2, -0.15) is 5.26 Å². The van der Waals surface area contributed by atoms with Gasteiger partial charge in [0, 0.05) is 23.4 Å². The Labute approximate surface area is 161 Å². The fourth-order valence-electron chi connectivity index (χ4n) is 3.25. The Morgan fingerprint density at radius 1 is 1.42 bits per heavy atom. The molecule has 1 aliphatic heterocycles. The van der Waals surface area contributed by atoms with Crippen LogP contribution in [0.4, 0.5) is 15.0 Å². The molecule has 1 fully saturated rings. The summed E-state index contributed by atoms with van der Waals surface area (Å²) in [5, 5.41) is 14.2. The van der Waals surface area contributed by atoms with Crippen molar-refractivity contribution in [1.29, 1.82) is 5.26 Å². The van der Waals surface area contributed by atoms with Gasteiger partial charge in [0.15, 0.2) is 0 Å². The van der Waals surface area contributed by atoms with Crippen LogP contribution in [0.15, 0.2) is 28.7 Å². The molecule has 132 valence electrons. The molecule has 1 aromatic carbocycles. The standard InChI is InChI=1S/C17H11BrClFN4O2/c18-9-2-3-10(20)13-12-8(6-26-15(9)13)14(12)24-17(25)23-11-4-1-7(5-21)16(19)22-11/h1-4,8,12,14H,6H2,(H2,22,23,24,25)/t8-,12-,14-/m1/s1. The molecule has 2 amide bonds. The van der Waals surface area contributed by atoms with Crippen molar-refractivity contribution in [1.82, 2.24) is 10.3 Å². The van der Waals surface area contributed by atoms with Crippen LogP contribution in [0.5, 0.6) is 5.75 Å². The lowest BCUT2D eigenvalue weighted by Gasteiger charge is -2.17. The Kier molecular flexibility index (Phi) is 4.21. The SMILES string of the molecule is N#Cc1ccc(NC(=O)N[C@@H]2[C@@H]3COc4c(Br)ccc(F)c4[C@@H]32)nc1Cl. The first-order valence-corrected chi connectivity index (χ1v) is 8.91. The lowest BCUT2D eigenvalue weighted by Crippen LogP contribution is -2.32. The third kappa shape index (κ3) is 2.87. The molecule has 2 aliphatic rings. The third-order valence-electron chi connectivity index (χ3n) is 4.53. The molecule has 2 aromatic rings. The van der Waals surface area contributed by atoms with E-state index in [1.165, 1.54) is 18.2 Å². The normalized spacial score (nSPS) is 22.3. The van der Waals surface area contributed by atoms with E-state index in [0.29, 0.717) is 22.4 Å². The van der Waals surface area contributed by atoms with Crippen LogP contribution in [0.25, 0.3) is 0 Å². The second kappa shape index (κ2) is 6.41. The van der Waals surface area contributed by atoms with Gasteiger partial charge in [0.25, 0.3) is 0 Å². The smallest absolute Gasteiger partial charge is 0.320 e. The zero-order valence-electron chi connectivity index (χ0n) is 13.1. The highest BCUT2D eigenvalue weighted by molar-refractivity contribution is 9.10. The number of amides is 2. The van der Waals surface area contributed by atoms with E-state index >= 15 is 0 Å². The number of nitriles is 1. The van der Waals surface area contributed by atoms with Crippen molar-refractivity contribution in [3.63, 3.8) is 0 Å². The minimum atomic E-state index is -0.477. The molecule has 1 saturated carbocycles. The molecule has 26 heavy (non-hydrogen) atoms. The quantitative estimate of drug-likeness (QED) is 0.700. The van der Waals surface area contributed by atoms with Crippen LogP contribution in [-0.4, -0.2) is 23.7 Å². The third-order valence-corrected chi connectivity index (χ3v) is 5.44. The number of halogens is 3. The number of nitrogens with zero attached hydrogens (tertiary/aromatic N) is 2. The number of nitrogens with one attached hydrogen (secondary N) is 2. The van der Waals surface area contributed by atoms with Gasteiger partial charge in [-0.15, -0.1) is 0 Å². The predicted molar refractivity (Wildman–Crippen MR) is 95.7 cm³/mol. The number of carbonyl (C=O) groups excluding carboxylic acids is 1. The summed E-state index contributed by atoms with van der Waals surface area (Å²) in [7, 11) is 0. The van der Waals surface area contributed by atoms with E-state index in [9.17, 15) is 9.18 Å². The first kappa shape index (κ1) is 17.1. The van der Waals surface area contributed by atoms with Crippen molar-refractivity contribution in [3.8, 4) is 11.8 Å². The topological polar surface area (TPSA) is 87.0 Å². The Bertz CT molecular complexity index is 965. The monoisotopic (exact) mass is 436 g/mol. The molecule has 2 N–H and O–H groups in total. The molecule has 0 unspecified atom stereocenters. The van der Waals surface area contributed by atoms with Crippen molar-refractivity contribution >= 4 is 39.4 Å². The number of fused-ring (bicyclic) bond motifs is 3. The lowest BCUT2D eigenvalue weighted by molar-refractivity contribution is 0.249. The number of aromatic nitrogens is 1. The number of pyridine rings is 1. The summed E-state index contributed by atoms with van der Waals surface area (Å²) in [5.41, 5.74) is 0.709. The molecule has 0 spiro atoms. The molecule has 0 radical (unpaired) electrons. The van der Waals surface area contributed by atoms with Gasteiger partial charge < -0.3 is 10.1 Å². The number of anilines is 1. The molecule has 0 saturated heterocycles. The van der Waals surface area contributed by atoms with Gasteiger partial charge in [-0.25, -0.2) is 14.2 Å². The molecule has 1 aliphatic carbocycles. The summed E-state index contributed by atoms with van der Waals surface area (Å²) >= 11 is 9.21. The van der Waals surface area contributed by atoms with Crippen molar-refractivity contribution in [3.05, 3.63) is 50.8 Å². The fraction of sp³-hybridized carbons (Fsp3) is 0.235. The van der Waals surface area contributed by atoms with Crippen LogP contribution in [0, 0.1) is 23.1 Å². The molecular weight excluding hydrogens is 427 g/mol. The zero-order valence-corrected chi connectivity index (χ0v) is 15.4. The Morgan fingerprint density at radius 2 is 2.23 bits per heavy atom. The highest BCUT2D eigenvalue weighted by atomic mass is 79.9. The van der Waals surface area contributed by atoms with E-state index in [2.05, 4.69) is 31.5 Å². The van der Waals surface area contributed by atoms with Crippen molar-refractivity contribution < 1.29 is 13.9 Å². The van der Waals surface area contributed by atoms with E-state index in [0.717, 1.165) is 0 Å². The van der Waals surface area contributed by atoms with Crippen LogP contribution in [0.3, 0.4) is 0 Å². The minimum absolute atomic E-state index is 0.0136. The summed E-state index contributed by atoms with van der Waals surface area (Å²) in [5.74, 6) is 0.273. The fourth-order valence-corrected chi connectivity index (χ4v) is 3.90. The van der Waals surface area contributed by atoms with Crippen molar-refractivity contribution in [2.75, 3.05) is 11.9 Å². The van der Waals surface area contributed by atoms with Crippen molar-refractivity contribution in [2.45, 2.75) is 12.0 Å². The first-order chi connectivity index (χ1) is 12.5. The lowest BCUT2D eigenvalue weighted by atomic mass is 10.1. The number of hydrogen-bond donors (Lipinski definition) is 2. The maximum Gasteiger partial charge on any atom is 0.320 e. The summed E-state index contributed by atoms with van der Waals surface area (Å²) < 4.78 is 20.6. The highest BCUT2D eigenvalue weighted by Crippen LogP contribution is 2.56. The number of urea groups is 1. The first-order valence-electron chi connectivity index (χ1n) is 7.74. The number of hydrogen-bond acceptors (Lipinski definition) is 4.